The maximum absolute atomic E-state index is 13.0. The number of rotatable bonds is 3. The van der Waals surface area contributed by atoms with Gasteiger partial charge in [0.05, 0.1) is 16.8 Å². The summed E-state index contributed by atoms with van der Waals surface area (Å²) in [5.74, 6) is -0.781. The maximum atomic E-state index is 13.0. The van der Waals surface area contributed by atoms with Gasteiger partial charge in [-0.15, -0.1) is 0 Å². The molecule has 3 aromatic rings. The van der Waals surface area contributed by atoms with E-state index in [1.165, 1.54) is 11.6 Å². The fourth-order valence-electron chi connectivity index (χ4n) is 3.29. The molecule has 0 bridgehead atoms. The van der Waals surface area contributed by atoms with Gasteiger partial charge in [-0.1, -0.05) is 43.3 Å². The summed E-state index contributed by atoms with van der Waals surface area (Å²) in [7, 11) is 0. The normalized spacial score (nSPS) is 12.5. The molecule has 0 radical (unpaired) electrons. The van der Waals surface area contributed by atoms with Crippen LogP contribution in [-0.4, -0.2) is 16.7 Å². The van der Waals surface area contributed by atoms with Gasteiger partial charge in [0.25, 0.3) is 0 Å². The minimum Gasteiger partial charge on any atom is -0.507 e. The second-order valence-electron chi connectivity index (χ2n) is 6.26. The summed E-state index contributed by atoms with van der Waals surface area (Å²) in [4.78, 5) is 25.8. The van der Waals surface area contributed by atoms with Gasteiger partial charge in [-0.3, -0.25) is 9.59 Å². The van der Waals surface area contributed by atoms with E-state index in [-0.39, 0.29) is 28.4 Å². The highest BCUT2D eigenvalue weighted by Gasteiger charge is 2.33. The zero-order chi connectivity index (χ0) is 18.3. The first kappa shape index (κ1) is 16.1. The third-order valence-corrected chi connectivity index (χ3v) is 4.69. The van der Waals surface area contributed by atoms with Crippen LogP contribution in [0.15, 0.2) is 60.7 Å². The molecular weight excluding hydrogens is 326 g/mol. The Hall–Kier alpha value is -3.40. The maximum Gasteiger partial charge on any atom is 0.198 e. The summed E-state index contributed by atoms with van der Waals surface area (Å²) in [5, 5.41) is 13.4. The van der Waals surface area contributed by atoms with Crippen LogP contribution in [0.5, 0.6) is 5.75 Å². The molecule has 0 amide bonds. The van der Waals surface area contributed by atoms with Crippen LogP contribution in [-0.2, 0) is 6.42 Å². The quantitative estimate of drug-likeness (QED) is 0.539. The van der Waals surface area contributed by atoms with E-state index in [1.807, 2.05) is 24.3 Å². The van der Waals surface area contributed by atoms with Crippen molar-refractivity contribution in [3.8, 4) is 5.75 Å². The van der Waals surface area contributed by atoms with Crippen molar-refractivity contribution in [2.75, 3.05) is 5.32 Å². The lowest BCUT2D eigenvalue weighted by Crippen LogP contribution is -2.22. The van der Waals surface area contributed by atoms with E-state index in [0.29, 0.717) is 16.8 Å². The van der Waals surface area contributed by atoms with E-state index < -0.39 is 0 Å². The van der Waals surface area contributed by atoms with E-state index >= 15 is 0 Å². The first-order chi connectivity index (χ1) is 12.6. The van der Waals surface area contributed by atoms with Crippen LogP contribution in [0, 0.1) is 0 Å². The summed E-state index contributed by atoms with van der Waals surface area (Å²) < 4.78 is 0. The largest absolute Gasteiger partial charge is 0.507 e. The lowest BCUT2D eigenvalue weighted by Gasteiger charge is -2.21. The van der Waals surface area contributed by atoms with Crippen molar-refractivity contribution >= 4 is 22.9 Å². The molecule has 0 spiro atoms. The van der Waals surface area contributed by atoms with Gasteiger partial charge >= 0.3 is 0 Å². The van der Waals surface area contributed by atoms with E-state index in [2.05, 4.69) is 12.2 Å². The van der Waals surface area contributed by atoms with Crippen molar-refractivity contribution < 1.29 is 14.7 Å². The highest BCUT2D eigenvalue weighted by atomic mass is 16.3. The molecule has 0 atom stereocenters. The van der Waals surface area contributed by atoms with Gasteiger partial charge in [-0.05, 0) is 36.2 Å². The SMILES string of the molecule is CCc1ccc(Nc2ccc(O)c3c2C(=O)c2ccccc2C3=O)cc1. The number of aromatic hydroxyl groups is 1. The number of fused-ring (bicyclic) bond motifs is 2. The van der Waals surface area contributed by atoms with Crippen molar-refractivity contribution in [2.24, 2.45) is 0 Å². The lowest BCUT2D eigenvalue weighted by molar-refractivity contribution is 0.0977. The summed E-state index contributed by atoms with van der Waals surface area (Å²) in [6, 6.07) is 17.7. The molecule has 0 aromatic heterocycles. The number of nitrogens with one attached hydrogen (secondary N) is 1. The Kier molecular flexibility index (Phi) is 3.81. The average Bonchev–Trinajstić information content (AvgIpc) is 2.68. The van der Waals surface area contributed by atoms with Crippen LogP contribution in [0.2, 0.25) is 0 Å². The van der Waals surface area contributed by atoms with Gasteiger partial charge in [-0.2, -0.15) is 0 Å². The molecule has 0 fully saturated rings. The highest BCUT2D eigenvalue weighted by molar-refractivity contribution is 6.31. The monoisotopic (exact) mass is 343 g/mol. The Morgan fingerprint density at radius 2 is 1.42 bits per heavy atom. The number of anilines is 2. The number of hydrogen-bond acceptors (Lipinski definition) is 4. The molecule has 3 aromatic carbocycles. The van der Waals surface area contributed by atoms with Gasteiger partial charge in [0.2, 0.25) is 0 Å². The lowest BCUT2D eigenvalue weighted by atomic mass is 9.82. The topological polar surface area (TPSA) is 66.4 Å². The van der Waals surface area contributed by atoms with Gasteiger partial charge < -0.3 is 10.4 Å². The first-order valence-electron chi connectivity index (χ1n) is 8.50. The fourth-order valence-corrected chi connectivity index (χ4v) is 3.29. The number of ketones is 2. The number of phenols is 1. The van der Waals surface area contributed by atoms with Gasteiger partial charge in [0.1, 0.15) is 5.75 Å². The van der Waals surface area contributed by atoms with Crippen LogP contribution >= 0.6 is 0 Å². The van der Waals surface area contributed by atoms with Crippen molar-refractivity contribution in [3.05, 3.63) is 88.5 Å². The van der Waals surface area contributed by atoms with Crippen LogP contribution in [0.1, 0.15) is 44.3 Å². The number of phenolic OH excluding ortho intramolecular Hbond substituents is 1. The Bertz CT molecular complexity index is 1040. The van der Waals surface area contributed by atoms with Crippen LogP contribution < -0.4 is 5.32 Å². The smallest absolute Gasteiger partial charge is 0.198 e. The van der Waals surface area contributed by atoms with Crippen molar-refractivity contribution in [3.63, 3.8) is 0 Å². The van der Waals surface area contributed by atoms with Crippen LogP contribution in [0.4, 0.5) is 11.4 Å². The minimum atomic E-state index is -0.335. The second kappa shape index (κ2) is 6.15. The van der Waals surface area contributed by atoms with Gasteiger partial charge in [-0.25, -0.2) is 0 Å². The molecule has 1 aliphatic carbocycles. The summed E-state index contributed by atoms with van der Waals surface area (Å²) in [5.41, 5.74) is 3.49. The molecule has 0 unspecified atom stereocenters. The van der Waals surface area contributed by atoms with Crippen LogP contribution in [0.25, 0.3) is 0 Å². The summed E-state index contributed by atoms with van der Waals surface area (Å²) in [6.45, 7) is 2.08. The molecule has 1 aliphatic rings. The number of aryl methyl sites for hydroxylation is 1. The van der Waals surface area contributed by atoms with E-state index in [1.54, 1.807) is 30.3 Å². The molecule has 0 saturated carbocycles. The second-order valence-corrected chi connectivity index (χ2v) is 6.26. The standard InChI is InChI=1S/C22H17NO3/c1-2-13-7-9-14(10-8-13)23-17-11-12-18(24)20-19(17)21(25)15-5-3-4-6-16(15)22(20)26/h3-12,23-24H,2H2,1H3. The van der Waals surface area contributed by atoms with Gasteiger partial charge in [0, 0.05) is 16.8 Å². The molecule has 0 saturated heterocycles. The molecule has 0 heterocycles. The van der Waals surface area contributed by atoms with Gasteiger partial charge in [0.15, 0.2) is 11.6 Å². The van der Waals surface area contributed by atoms with Crippen LogP contribution in [0.3, 0.4) is 0 Å². The predicted octanol–water partition coefficient (Wildman–Crippen LogP) is 4.47. The molecule has 4 heteroatoms. The Morgan fingerprint density at radius 3 is 2.04 bits per heavy atom. The average molecular weight is 343 g/mol. The molecule has 4 rings (SSSR count). The number of benzene rings is 3. The zero-order valence-corrected chi connectivity index (χ0v) is 14.2. The first-order valence-corrected chi connectivity index (χ1v) is 8.50. The molecule has 128 valence electrons. The number of hydrogen-bond donors (Lipinski definition) is 2. The van der Waals surface area contributed by atoms with E-state index in [4.69, 9.17) is 0 Å². The third-order valence-electron chi connectivity index (χ3n) is 4.69. The third kappa shape index (κ3) is 2.47. The highest BCUT2D eigenvalue weighted by Crippen LogP contribution is 2.37. The number of carbonyl (C=O) groups is 2. The Morgan fingerprint density at radius 1 is 0.808 bits per heavy atom. The van der Waals surface area contributed by atoms with Crippen molar-refractivity contribution in [1.29, 1.82) is 0 Å². The molecule has 26 heavy (non-hydrogen) atoms. The fraction of sp³-hybridized carbons (Fsp3) is 0.0909. The van der Waals surface area contributed by atoms with Crippen molar-refractivity contribution in [2.45, 2.75) is 13.3 Å². The zero-order valence-electron chi connectivity index (χ0n) is 14.2. The molecule has 4 nitrogen and oxygen atoms in total. The molecule has 0 aliphatic heterocycles. The molecular formula is C22H17NO3. The number of carbonyl (C=O) groups excluding carboxylic acids is 2. The minimum absolute atomic E-state index is 0.0591. The summed E-state index contributed by atoms with van der Waals surface area (Å²) in [6.07, 6.45) is 0.943. The predicted molar refractivity (Wildman–Crippen MR) is 101 cm³/mol. The van der Waals surface area contributed by atoms with E-state index in [9.17, 15) is 14.7 Å². The van der Waals surface area contributed by atoms with E-state index in [0.717, 1.165) is 12.1 Å². The summed E-state index contributed by atoms with van der Waals surface area (Å²) >= 11 is 0. The molecule has 2 N–H and O–H groups in total. The van der Waals surface area contributed by atoms with Crippen molar-refractivity contribution in [1.82, 2.24) is 0 Å². The Balaban J connectivity index is 1.83. The Labute approximate surface area is 151 Å².